The van der Waals surface area contributed by atoms with Crippen LogP contribution in [0.5, 0.6) is 5.75 Å². The zero-order valence-electron chi connectivity index (χ0n) is 10.3. The van der Waals surface area contributed by atoms with Gasteiger partial charge in [0, 0.05) is 5.56 Å². The molecule has 1 aromatic carbocycles. The standard InChI is InChI=1S/C11H16N2O4S/c1-3-8-18(15,16)13-12-11(14)9-4-6-10(17-2)7-5-9/h4-7,13H,3,8H2,1-2H3,(H,12,14). The maximum Gasteiger partial charge on any atom is 0.266 e. The molecule has 0 unspecified atom stereocenters. The van der Waals surface area contributed by atoms with Crippen molar-refractivity contribution in [1.29, 1.82) is 0 Å². The van der Waals surface area contributed by atoms with Crippen LogP contribution in [0, 0.1) is 0 Å². The number of rotatable bonds is 6. The fourth-order valence-electron chi connectivity index (χ4n) is 1.26. The topological polar surface area (TPSA) is 84.5 Å². The number of amides is 1. The molecule has 1 amide bonds. The van der Waals surface area contributed by atoms with Crippen LogP contribution in [0.4, 0.5) is 0 Å². The minimum Gasteiger partial charge on any atom is -0.497 e. The molecule has 0 bridgehead atoms. The Morgan fingerprint density at radius 3 is 2.39 bits per heavy atom. The average molecular weight is 272 g/mol. The Hall–Kier alpha value is -1.60. The molecule has 0 aromatic heterocycles. The van der Waals surface area contributed by atoms with Crippen LogP contribution in [-0.2, 0) is 10.0 Å². The first-order valence-corrected chi connectivity index (χ1v) is 7.07. The average Bonchev–Trinajstić information content (AvgIpc) is 2.36. The van der Waals surface area contributed by atoms with Gasteiger partial charge in [-0.2, -0.15) is 0 Å². The SMILES string of the molecule is CCCS(=O)(=O)NNC(=O)c1ccc(OC)cc1. The highest BCUT2D eigenvalue weighted by Gasteiger charge is 2.11. The van der Waals surface area contributed by atoms with Gasteiger partial charge >= 0.3 is 0 Å². The summed E-state index contributed by atoms with van der Waals surface area (Å²) < 4.78 is 27.6. The second-order valence-corrected chi connectivity index (χ2v) is 5.45. The predicted molar refractivity (Wildman–Crippen MR) is 67.7 cm³/mol. The van der Waals surface area contributed by atoms with Gasteiger partial charge in [0.2, 0.25) is 10.0 Å². The van der Waals surface area contributed by atoms with Crippen molar-refractivity contribution in [2.75, 3.05) is 12.9 Å². The highest BCUT2D eigenvalue weighted by atomic mass is 32.2. The van der Waals surface area contributed by atoms with Crippen molar-refractivity contribution in [2.24, 2.45) is 0 Å². The third-order valence-electron chi connectivity index (χ3n) is 2.15. The summed E-state index contributed by atoms with van der Waals surface area (Å²) in [6.07, 6.45) is 0.480. The Balaban J connectivity index is 2.60. The van der Waals surface area contributed by atoms with E-state index in [4.69, 9.17) is 4.74 Å². The molecule has 0 radical (unpaired) electrons. The van der Waals surface area contributed by atoms with Gasteiger partial charge in [-0.1, -0.05) is 6.92 Å². The number of hydrogen-bond donors (Lipinski definition) is 2. The summed E-state index contributed by atoms with van der Waals surface area (Å²) in [6, 6.07) is 6.33. The van der Waals surface area contributed by atoms with Gasteiger partial charge in [0.05, 0.1) is 12.9 Å². The van der Waals surface area contributed by atoms with E-state index in [0.717, 1.165) is 0 Å². The van der Waals surface area contributed by atoms with Crippen molar-refractivity contribution in [1.82, 2.24) is 10.3 Å². The Morgan fingerprint density at radius 1 is 1.28 bits per heavy atom. The second-order valence-electron chi connectivity index (χ2n) is 3.60. The van der Waals surface area contributed by atoms with E-state index < -0.39 is 15.9 Å². The summed E-state index contributed by atoms with van der Waals surface area (Å²) in [7, 11) is -1.93. The number of sulfonamides is 1. The summed E-state index contributed by atoms with van der Waals surface area (Å²) in [5.41, 5.74) is 2.49. The summed E-state index contributed by atoms with van der Waals surface area (Å²) in [6.45, 7) is 1.74. The summed E-state index contributed by atoms with van der Waals surface area (Å²) in [5.74, 6) is 0.0750. The Kier molecular flexibility index (Phi) is 5.11. The van der Waals surface area contributed by atoms with E-state index in [9.17, 15) is 13.2 Å². The molecule has 0 aliphatic heterocycles. The predicted octanol–water partition coefficient (Wildman–Crippen LogP) is 0.669. The number of hydrazine groups is 1. The van der Waals surface area contributed by atoms with Gasteiger partial charge in [0.1, 0.15) is 5.75 Å². The van der Waals surface area contributed by atoms with Crippen molar-refractivity contribution < 1.29 is 17.9 Å². The minimum atomic E-state index is -3.45. The lowest BCUT2D eigenvalue weighted by molar-refractivity contribution is 0.0945. The molecule has 0 aliphatic rings. The minimum absolute atomic E-state index is 0.0319. The van der Waals surface area contributed by atoms with Gasteiger partial charge in [-0.15, -0.1) is 4.83 Å². The fourth-order valence-corrected chi connectivity index (χ4v) is 2.15. The van der Waals surface area contributed by atoms with E-state index in [1.807, 2.05) is 4.83 Å². The molecule has 0 spiro atoms. The largest absolute Gasteiger partial charge is 0.497 e. The molecule has 1 rings (SSSR count). The van der Waals surface area contributed by atoms with Crippen molar-refractivity contribution in [3.63, 3.8) is 0 Å². The number of hydrogen-bond acceptors (Lipinski definition) is 4. The maximum absolute atomic E-state index is 11.6. The first-order chi connectivity index (χ1) is 8.48. The van der Waals surface area contributed by atoms with Crippen LogP contribution in [0.25, 0.3) is 0 Å². The van der Waals surface area contributed by atoms with Crippen molar-refractivity contribution in [3.8, 4) is 5.75 Å². The summed E-state index contributed by atoms with van der Waals surface area (Å²) >= 11 is 0. The Labute approximate surface area is 106 Å². The summed E-state index contributed by atoms with van der Waals surface area (Å²) in [5, 5.41) is 0. The van der Waals surface area contributed by atoms with E-state index in [0.29, 0.717) is 17.7 Å². The van der Waals surface area contributed by atoms with Gasteiger partial charge in [0.25, 0.3) is 5.91 Å². The maximum atomic E-state index is 11.6. The first-order valence-electron chi connectivity index (χ1n) is 5.42. The number of nitrogens with one attached hydrogen (secondary N) is 2. The van der Waals surface area contributed by atoms with Crippen LogP contribution in [0.1, 0.15) is 23.7 Å². The second kappa shape index (κ2) is 6.36. The Morgan fingerprint density at radius 2 is 1.89 bits per heavy atom. The lowest BCUT2D eigenvalue weighted by atomic mass is 10.2. The monoisotopic (exact) mass is 272 g/mol. The molecular weight excluding hydrogens is 256 g/mol. The number of ether oxygens (including phenoxy) is 1. The molecule has 0 saturated carbocycles. The molecule has 2 N–H and O–H groups in total. The fraction of sp³-hybridized carbons (Fsp3) is 0.364. The van der Waals surface area contributed by atoms with E-state index >= 15 is 0 Å². The number of methoxy groups -OCH3 is 1. The molecular formula is C11H16N2O4S. The molecule has 0 fully saturated rings. The molecule has 18 heavy (non-hydrogen) atoms. The van der Waals surface area contributed by atoms with Crippen molar-refractivity contribution in [2.45, 2.75) is 13.3 Å². The summed E-state index contributed by atoms with van der Waals surface area (Å²) in [4.78, 5) is 13.6. The van der Waals surface area contributed by atoms with Crippen LogP contribution in [0.15, 0.2) is 24.3 Å². The van der Waals surface area contributed by atoms with E-state index in [1.54, 1.807) is 31.2 Å². The van der Waals surface area contributed by atoms with Gasteiger partial charge in [-0.25, -0.2) is 8.42 Å². The normalized spacial score (nSPS) is 11.0. The van der Waals surface area contributed by atoms with Crippen molar-refractivity contribution in [3.05, 3.63) is 29.8 Å². The molecule has 0 heterocycles. The zero-order chi connectivity index (χ0) is 13.6. The molecule has 100 valence electrons. The van der Waals surface area contributed by atoms with E-state index in [2.05, 4.69) is 5.43 Å². The van der Waals surface area contributed by atoms with Crippen molar-refractivity contribution >= 4 is 15.9 Å². The van der Waals surface area contributed by atoms with Gasteiger partial charge in [-0.05, 0) is 30.7 Å². The van der Waals surface area contributed by atoms with Crippen LogP contribution < -0.4 is 15.0 Å². The molecule has 6 nitrogen and oxygen atoms in total. The highest BCUT2D eigenvalue weighted by molar-refractivity contribution is 7.89. The lowest BCUT2D eigenvalue weighted by Gasteiger charge is -2.07. The van der Waals surface area contributed by atoms with Gasteiger partial charge < -0.3 is 4.74 Å². The lowest BCUT2D eigenvalue weighted by Crippen LogP contribution is -2.42. The number of carbonyl (C=O) groups excluding carboxylic acids is 1. The van der Waals surface area contributed by atoms with Gasteiger partial charge in [-0.3, -0.25) is 10.2 Å². The third-order valence-corrected chi connectivity index (χ3v) is 3.50. The van der Waals surface area contributed by atoms with E-state index in [-0.39, 0.29) is 5.75 Å². The Bertz CT molecular complexity index is 496. The molecule has 0 atom stereocenters. The van der Waals surface area contributed by atoms with Crippen LogP contribution in [0.3, 0.4) is 0 Å². The van der Waals surface area contributed by atoms with Crippen LogP contribution >= 0.6 is 0 Å². The quantitative estimate of drug-likeness (QED) is 0.745. The molecule has 1 aromatic rings. The molecule has 0 saturated heterocycles. The third kappa shape index (κ3) is 4.34. The van der Waals surface area contributed by atoms with E-state index in [1.165, 1.54) is 7.11 Å². The van der Waals surface area contributed by atoms with Gasteiger partial charge in [0.15, 0.2) is 0 Å². The molecule has 7 heteroatoms. The number of carbonyl (C=O) groups is 1. The smallest absolute Gasteiger partial charge is 0.266 e. The first kappa shape index (κ1) is 14.5. The molecule has 0 aliphatic carbocycles. The van der Waals surface area contributed by atoms with Crippen LogP contribution in [0.2, 0.25) is 0 Å². The zero-order valence-corrected chi connectivity index (χ0v) is 11.1. The van der Waals surface area contributed by atoms with Crippen LogP contribution in [-0.4, -0.2) is 27.2 Å². The highest BCUT2D eigenvalue weighted by Crippen LogP contribution is 2.10. The number of benzene rings is 1.